The van der Waals surface area contributed by atoms with Crippen LogP contribution in [0.3, 0.4) is 0 Å². The van der Waals surface area contributed by atoms with E-state index in [2.05, 4.69) is 41.5 Å². The van der Waals surface area contributed by atoms with Crippen molar-refractivity contribution in [2.45, 2.75) is 26.8 Å². The number of imidazole rings is 1. The lowest BCUT2D eigenvalue weighted by molar-refractivity contribution is -0.132. The second-order valence-electron chi connectivity index (χ2n) is 7.54. The average Bonchev–Trinajstić information content (AvgIpc) is 2.98. The first-order valence-electron chi connectivity index (χ1n) is 9.68. The van der Waals surface area contributed by atoms with Crippen LogP contribution in [-0.4, -0.2) is 51.3 Å². The number of carbonyl (C=O) groups excluding carboxylic acids is 1. The molecule has 5 nitrogen and oxygen atoms in total. The molecule has 3 aromatic rings. The molecular weight excluding hydrogens is 372 g/mol. The summed E-state index contributed by atoms with van der Waals surface area (Å²) in [6.07, 6.45) is 2.54. The molecule has 0 atom stereocenters. The number of pyridine rings is 1. The van der Waals surface area contributed by atoms with Gasteiger partial charge in [-0.3, -0.25) is 9.69 Å². The number of fused-ring (bicyclic) bond motifs is 1. The quantitative estimate of drug-likeness (QED) is 0.677. The van der Waals surface area contributed by atoms with Gasteiger partial charge in [-0.1, -0.05) is 23.7 Å². The Kier molecular flexibility index (Phi) is 5.38. The van der Waals surface area contributed by atoms with Crippen LogP contribution in [0.2, 0.25) is 5.02 Å². The van der Waals surface area contributed by atoms with Crippen LogP contribution in [0.1, 0.15) is 22.5 Å². The maximum atomic E-state index is 12.6. The number of piperazine rings is 1. The first kappa shape index (κ1) is 19.0. The summed E-state index contributed by atoms with van der Waals surface area (Å²) >= 11 is 5.92. The molecular formula is C22H25ClN4O. The molecule has 146 valence electrons. The second kappa shape index (κ2) is 7.94. The maximum absolute atomic E-state index is 12.6. The monoisotopic (exact) mass is 396 g/mol. The highest BCUT2D eigenvalue weighted by Gasteiger charge is 2.22. The molecule has 1 saturated heterocycles. The highest BCUT2D eigenvalue weighted by molar-refractivity contribution is 6.30. The maximum Gasteiger partial charge on any atom is 0.227 e. The van der Waals surface area contributed by atoms with E-state index in [-0.39, 0.29) is 5.91 Å². The van der Waals surface area contributed by atoms with Crippen molar-refractivity contribution in [3.63, 3.8) is 0 Å². The van der Waals surface area contributed by atoms with E-state index >= 15 is 0 Å². The Morgan fingerprint density at radius 3 is 2.50 bits per heavy atom. The summed E-state index contributed by atoms with van der Waals surface area (Å²) in [6, 6.07) is 11.7. The number of aryl methyl sites for hydroxylation is 2. The standard InChI is InChI=1S/C22H25ClN4O/c1-16-7-8-27-20(17(2)24-21(27)13-16)15-25-9-11-26(12-10-25)22(28)14-18-3-5-19(23)6-4-18/h3-8,13H,9-12,14-15H2,1-2H3. The molecule has 1 aliphatic heterocycles. The number of amides is 1. The Balaban J connectivity index is 1.36. The number of aromatic nitrogens is 2. The van der Waals surface area contributed by atoms with Gasteiger partial charge in [0.15, 0.2) is 0 Å². The number of rotatable bonds is 4. The third kappa shape index (κ3) is 4.05. The largest absolute Gasteiger partial charge is 0.340 e. The van der Waals surface area contributed by atoms with Crippen molar-refractivity contribution in [2.24, 2.45) is 0 Å². The van der Waals surface area contributed by atoms with E-state index in [0.717, 1.165) is 49.6 Å². The molecule has 1 aromatic carbocycles. The molecule has 4 rings (SSSR count). The van der Waals surface area contributed by atoms with Gasteiger partial charge in [0, 0.05) is 43.9 Å². The minimum Gasteiger partial charge on any atom is -0.340 e. The van der Waals surface area contributed by atoms with Crippen LogP contribution in [0.15, 0.2) is 42.6 Å². The van der Waals surface area contributed by atoms with E-state index in [1.54, 1.807) is 0 Å². The lowest BCUT2D eigenvalue weighted by Gasteiger charge is -2.34. The van der Waals surface area contributed by atoms with Crippen molar-refractivity contribution in [1.82, 2.24) is 19.2 Å². The van der Waals surface area contributed by atoms with Gasteiger partial charge in [0.2, 0.25) is 5.91 Å². The third-order valence-corrected chi connectivity index (χ3v) is 5.70. The molecule has 1 amide bonds. The number of hydrogen-bond acceptors (Lipinski definition) is 3. The summed E-state index contributed by atoms with van der Waals surface area (Å²) in [6.45, 7) is 8.31. The fourth-order valence-corrected chi connectivity index (χ4v) is 3.89. The normalized spacial score (nSPS) is 15.3. The summed E-state index contributed by atoms with van der Waals surface area (Å²) in [4.78, 5) is 21.7. The number of hydrogen-bond donors (Lipinski definition) is 0. The Labute approximate surface area is 170 Å². The highest BCUT2D eigenvalue weighted by atomic mass is 35.5. The van der Waals surface area contributed by atoms with Crippen LogP contribution in [-0.2, 0) is 17.8 Å². The molecule has 1 aliphatic rings. The van der Waals surface area contributed by atoms with Gasteiger partial charge >= 0.3 is 0 Å². The lowest BCUT2D eigenvalue weighted by atomic mass is 10.1. The molecule has 0 spiro atoms. The zero-order chi connectivity index (χ0) is 19.7. The van der Waals surface area contributed by atoms with Crippen LogP contribution >= 0.6 is 11.6 Å². The highest BCUT2D eigenvalue weighted by Crippen LogP contribution is 2.17. The molecule has 0 aliphatic carbocycles. The van der Waals surface area contributed by atoms with E-state index in [0.29, 0.717) is 11.4 Å². The van der Waals surface area contributed by atoms with Gasteiger partial charge in [0.05, 0.1) is 17.8 Å². The van der Waals surface area contributed by atoms with Gasteiger partial charge < -0.3 is 9.30 Å². The molecule has 6 heteroatoms. The molecule has 0 saturated carbocycles. The lowest BCUT2D eigenvalue weighted by Crippen LogP contribution is -2.48. The predicted octanol–water partition coefficient (Wildman–Crippen LogP) is 3.49. The van der Waals surface area contributed by atoms with Gasteiger partial charge in [0.1, 0.15) is 5.65 Å². The van der Waals surface area contributed by atoms with Gasteiger partial charge in [-0.2, -0.15) is 0 Å². The summed E-state index contributed by atoms with van der Waals surface area (Å²) < 4.78 is 2.18. The van der Waals surface area contributed by atoms with E-state index in [1.165, 1.54) is 11.3 Å². The SMILES string of the molecule is Cc1ccn2c(CN3CCN(C(=O)Cc4ccc(Cl)cc4)CC3)c(C)nc2c1. The first-order chi connectivity index (χ1) is 13.5. The van der Waals surface area contributed by atoms with Crippen molar-refractivity contribution in [2.75, 3.05) is 26.2 Å². The van der Waals surface area contributed by atoms with Crippen molar-refractivity contribution in [1.29, 1.82) is 0 Å². The Bertz CT molecular complexity index is 988. The summed E-state index contributed by atoms with van der Waals surface area (Å²) in [5.41, 5.74) is 5.54. The Morgan fingerprint density at radius 1 is 1.07 bits per heavy atom. The zero-order valence-corrected chi connectivity index (χ0v) is 17.1. The van der Waals surface area contributed by atoms with Crippen molar-refractivity contribution in [3.8, 4) is 0 Å². The summed E-state index contributed by atoms with van der Waals surface area (Å²) in [5, 5.41) is 0.697. The number of carbonyl (C=O) groups is 1. The minimum atomic E-state index is 0.184. The predicted molar refractivity (Wildman–Crippen MR) is 112 cm³/mol. The van der Waals surface area contributed by atoms with Crippen molar-refractivity contribution in [3.05, 3.63) is 70.1 Å². The fraction of sp³-hybridized carbons (Fsp3) is 0.364. The Morgan fingerprint density at radius 2 is 1.79 bits per heavy atom. The molecule has 2 aromatic heterocycles. The van der Waals surface area contributed by atoms with Crippen molar-refractivity contribution >= 4 is 23.2 Å². The second-order valence-corrected chi connectivity index (χ2v) is 7.97. The molecule has 1 fully saturated rings. The number of nitrogens with zero attached hydrogens (tertiary/aromatic N) is 4. The topological polar surface area (TPSA) is 40.9 Å². The number of benzene rings is 1. The van der Waals surface area contributed by atoms with E-state index in [9.17, 15) is 4.79 Å². The van der Waals surface area contributed by atoms with Crippen LogP contribution in [0, 0.1) is 13.8 Å². The van der Waals surface area contributed by atoms with Crippen LogP contribution < -0.4 is 0 Å². The fourth-order valence-electron chi connectivity index (χ4n) is 3.76. The van der Waals surface area contributed by atoms with Gasteiger partial charge in [0.25, 0.3) is 0 Å². The van der Waals surface area contributed by atoms with Crippen LogP contribution in [0.5, 0.6) is 0 Å². The van der Waals surface area contributed by atoms with Gasteiger partial charge in [-0.25, -0.2) is 4.98 Å². The average molecular weight is 397 g/mol. The minimum absolute atomic E-state index is 0.184. The molecule has 0 unspecified atom stereocenters. The first-order valence-corrected chi connectivity index (χ1v) is 10.1. The molecule has 3 heterocycles. The summed E-state index contributed by atoms with van der Waals surface area (Å²) in [5.74, 6) is 0.184. The van der Waals surface area contributed by atoms with Crippen LogP contribution in [0.25, 0.3) is 5.65 Å². The number of halogens is 1. The Hall–Kier alpha value is -2.37. The van der Waals surface area contributed by atoms with Crippen molar-refractivity contribution < 1.29 is 4.79 Å². The zero-order valence-electron chi connectivity index (χ0n) is 16.4. The van der Waals surface area contributed by atoms with E-state index in [1.807, 2.05) is 29.2 Å². The van der Waals surface area contributed by atoms with E-state index < -0.39 is 0 Å². The molecule has 0 radical (unpaired) electrons. The summed E-state index contributed by atoms with van der Waals surface area (Å²) in [7, 11) is 0. The third-order valence-electron chi connectivity index (χ3n) is 5.45. The van der Waals surface area contributed by atoms with Gasteiger partial charge in [-0.15, -0.1) is 0 Å². The van der Waals surface area contributed by atoms with E-state index in [4.69, 9.17) is 16.6 Å². The van der Waals surface area contributed by atoms with Gasteiger partial charge in [-0.05, 0) is 49.2 Å². The molecule has 28 heavy (non-hydrogen) atoms. The smallest absolute Gasteiger partial charge is 0.227 e. The molecule has 0 bridgehead atoms. The molecule has 0 N–H and O–H groups in total. The van der Waals surface area contributed by atoms with Crippen LogP contribution in [0.4, 0.5) is 0 Å².